The minimum absolute atomic E-state index is 0.105. The zero-order chi connectivity index (χ0) is 20.3. The highest BCUT2D eigenvalue weighted by Crippen LogP contribution is 2.28. The molecule has 0 fully saturated rings. The second-order valence-electron chi connectivity index (χ2n) is 10.1. The van der Waals surface area contributed by atoms with E-state index in [-0.39, 0.29) is 12.2 Å². The van der Waals surface area contributed by atoms with E-state index in [1.165, 1.54) is 0 Å². The van der Waals surface area contributed by atoms with Gasteiger partial charge < -0.3 is 17.1 Å². The van der Waals surface area contributed by atoms with Crippen molar-refractivity contribution in [2.24, 2.45) is 5.41 Å². The summed E-state index contributed by atoms with van der Waals surface area (Å²) in [4.78, 5) is 12.5. The smallest absolute Gasteiger partial charge is 0.461 e. The van der Waals surface area contributed by atoms with E-state index in [1.807, 2.05) is 20.8 Å². The minimum atomic E-state index is -3.11. The van der Waals surface area contributed by atoms with Crippen molar-refractivity contribution in [1.82, 2.24) is 0 Å². The van der Waals surface area contributed by atoms with Crippen LogP contribution in [0.5, 0.6) is 0 Å². The largest absolute Gasteiger partial charge is 0.509 e. The molecule has 0 heterocycles. The average Bonchev–Trinajstić information content (AvgIpc) is 2.29. The lowest BCUT2D eigenvalue weighted by Crippen LogP contribution is -2.63. The lowest BCUT2D eigenvalue weighted by Gasteiger charge is -2.42. The highest BCUT2D eigenvalue weighted by Gasteiger charge is 2.52. The molecule has 0 aromatic heterocycles. The van der Waals surface area contributed by atoms with Crippen LogP contribution in [-0.4, -0.2) is 46.0 Å². The molecule has 9 heteroatoms. The van der Waals surface area contributed by atoms with Gasteiger partial charge in [0.15, 0.2) is 31.2 Å². The van der Waals surface area contributed by atoms with Crippen molar-refractivity contribution in [2.45, 2.75) is 86.1 Å². The number of hydrogen-bond acceptors (Lipinski definition) is 5. The van der Waals surface area contributed by atoms with Crippen molar-refractivity contribution in [3.63, 3.8) is 0 Å². The average molecular weight is 425 g/mol. The fourth-order valence-corrected chi connectivity index (χ4v) is 15.9. The predicted molar refractivity (Wildman–Crippen MR) is 114 cm³/mol. The van der Waals surface area contributed by atoms with Gasteiger partial charge in [0.1, 0.15) is 0 Å². The van der Waals surface area contributed by atoms with Crippen LogP contribution in [0, 0.1) is 5.41 Å². The number of hydrogen-bond donors (Lipinski definition) is 0. The summed E-state index contributed by atoms with van der Waals surface area (Å²) in [6.07, 6.45) is 0.826. The van der Waals surface area contributed by atoms with Gasteiger partial charge in [0.05, 0.1) is 5.41 Å². The molecule has 0 atom stereocenters. The number of rotatable bonds is 10. The van der Waals surface area contributed by atoms with Gasteiger partial charge in [-0.3, -0.25) is 4.79 Å². The molecule has 0 unspecified atom stereocenters. The van der Waals surface area contributed by atoms with E-state index in [1.54, 1.807) is 0 Å². The number of esters is 1. The summed E-state index contributed by atoms with van der Waals surface area (Å²) in [5.74, 6) is -0.218. The highest BCUT2D eigenvalue weighted by molar-refractivity contribution is 6.90. The Kier molecular flexibility index (Phi) is 8.56. The molecule has 0 spiro atoms. The van der Waals surface area contributed by atoms with E-state index in [0.717, 1.165) is 6.42 Å². The summed E-state index contributed by atoms with van der Waals surface area (Å²) in [5.41, 5.74) is -0.516. The molecule has 0 rings (SSSR count). The zero-order valence-corrected chi connectivity index (χ0v) is 22.5. The molecule has 0 aromatic rings. The first-order valence-corrected chi connectivity index (χ1v) is 21.2. The maximum atomic E-state index is 12.5. The summed E-state index contributed by atoms with van der Waals surface area (Å²) in [6.45, 7) is 24.9. The molecule has 0 amide bonds. The fraction of sp³-hybridized carbons (Fsp3) is 0.938. The summed E-state index contributed by atoms with van der Waals surface area (Å²) in [6, 6.07) is 0. The van der Waals surface area contributed by atoms with Crippen LogP contribution >= 0.6 is 0 Å². The maximum Gasteiger partial charge on any atom is 0.509 e. The highest BCUT2D eigenvalue weighted by atomic mass is 28.5. The Bertz CT molecular complexity index is 406. The molecule has 25 heavy (non-hydrogen) atoms. The molecule has 0 radical (unpaired) electrons. The monoisotopic (exact) mass is 424 g/mol. The normalized spacial score (nSPS) is 14.6. The summed E-state index contributed by atoms with van der Waals surface area (Å²) in [5, 5.41) is 0. The molecule has 0 aliphatic heterocycles. The van der Waals surface area contributed by atoms with Crippen molar-refractivity contribution in [3.8, 4) is 0 Å². The number of ether oxygens (including phenoxy) is 1. The first-order chi connectivity index (χ1) is 10.8. The van der Waals surface area contributed by atoms with Gasteiger partial charge in [-0.05, 0) is 79.2 Å². The summed E-state index contributed by atoms with van der Waals surface area (Å²) < 4.78 is 25.2. The number of carbonyl (C=O) groups is 1. The van der Waals surface area contributed by atoms with Gasteiger partial charge in [0.2, 0.25) is 0 Å². The van der Waals surface area contributed by atoms with E-state index < -0.39 is 39.2 Å². The van der Waals surface area contributed by atoms with E-state index in [2.05, 4.69) is 58.9 Å². The summed E-state index contributed by atoms with van der Waals surface area (Å²) in [7, 11) is -8.97. The lowest BCUT2D eigenvalue weighted by molar-refractivity contribution is -0.153. The van der Waals surface area contributed by atoms with Crippen LogP contribution < -0.4 is 0 Å². The first kappa shape index (κ1) is 25.2. The van der Waals surface area contributed by atoms with Crippen molar-refractivity contribution in [2.75, 3.05) is 6.23 Å². The van der Waals surface area contributed by atoms with Crippen LogP contribution in [-0.2, 0) is 21.9 Å². The molecule has 5 nitrogen and oxygen atoms in total. The molecule has 0 aromatic carbocycles. The van der Waals surface area contributed by atoms with Gasteiger partial charge in [-0.2, -0.15) is 0 Å². The van der Waals surface area contributed by atoms with Crippen LogP contribution in [0.3, 0.4) is 0 Å². The Morgan fingerprint density at radius 2 is 1.08 bits per heavy atom. The molecular formula is C16H40O5Si4. The lowest BCUT2D eigenvalue weighted by atomic mass is 9.91. The van der Waals surface area contributed by atoms with Crippen molar-refractivity contribution in [1.29, 1.82) is 0 Å². The van der Waals surface area contributed by atoms with Gasteiger partial charge in [0.25, 0.3) is 0 Å². The molecular weight excluding hydrogens is 385 g/mol. The maximum absolute atomic E-state index is 12.5. The summed E-state index contributed by atoms with van der Waals surface area (Å²) >= 11 is 0. The van der Waals surface area contributed by atoms with Crippen LogP contribution in [0.15, 0.2) is 0 Å². The van der Waals surface area contributed by atoms with Crippen molar-refractivity contribution >= 4 is 39.7 Å². The van der Waals surface area contributed by atoms with Gasteiger partial charge in [0, 0.05) is 0 Å². The molecule has 150 valence electrons. The van der Waals surface area contributed by atoms with Gasteiger partial charge in [-0.15, -0.1) is 0 Å². The third-order valence-corrected chi connectivity index (χ3v) is 14.8. The van der Waals surface area contributed by atoms with E-state index in [0.29, 0.717) is 0 Å². The second kappa shape index (κ2) is 8.49. The molecule has 0 N–H and O–H groups in total. The molecule has 0 aliphatic carbocycles. The van der Waals surface area contributed by atoms with Crippen molar-refractivity contribution < 1.29 is 21.9 Å². The second-order valence-corrected chi connectivity index (χ2v) is 26.9. The quantitative estimate of drug-likeness (QED) is 0.365. The zero-order valence-electron chi connectivity index (χ0n) is 18.5. The molecule has 0 bridgehead atoms. The van der Waals surface area contributed by atoms with E-state index in [9.17, 15) is 4.79 Å². The Morgan fingerprint density at radius 1 is 0.760 bits per heavy atom. The fourth-order valence-electron chi connectivity index (χ4n) is 2.04. The minimum Gasteiger partial charge on any atom is -0.461 e. The Morgan fingerprint density at radius 3 is 1.32 bits per heavy atom. The van der Waals surface area contributed by atoms with Gasteiger partial charge in [-0.1, -0.05) is 6.92 Å². The van der Waals surface area contributed by atoms with Gasteiger partial charge >= 0.3 is 14.8 Å². The molecule has 0 aliphatic rings. The van der Waals surface area contributed by atoms with Crippen LogP contribution in [0.1, 0.15) is 27.2 Å². The van der Waals surface area contributed by atoms with E-state index in [4.69, 9.17) is 17.1 Å². The third-order valence-electron chi connectivity index (χ3n) is 3.20. The standard InChI is InChI=1S/C16H40O5Si4/c1-13-16(2,3)15(17)18-14-25(19-22(4,5)6,20-23(7,8)9)21-24(10,11)12/h13-14H2,1-12H3. The van der Waals surface area contributed by atoms with Crippen LogP contribution in [0.2, 0.25) is 58.9 Å². The Hall–Kier alpha value is 0.218. The van der Waals surface area contributed by atoms with Gasteiger partial charge in [-0.25, -0.2) is 0 Å². The Balaban J connectivity index is 5.69. The SMILES string of the molecule is CCC(C)(C)C(=O)OC[Si](O[Si](C)(C)C)(O[Si](C)(C)C)O[Si](C)(C)C. The van der Waals surface area contributed by atoms with Crippen LogP contribution in [0.4, 0.5) is 0 Å². The van der Waals surface area contributed by atoms with E-state index >= 15 is 0 Å². The topological polar surface area (TPSA) is 54.0 Å². The van der Waals surface area contributed by atoms with Crippen LogP contribution in [0.25, 0.3) is 0 Å². The van der Waals surface area contributed by atoms with Crippen molar-refractivity contribution in [3.05, 3.63) is 0 Å². The predicted octanol–water partition coefficient (Wildman–Crippen LogP) is 5.00. The molecule has 0 saturated carbocycles. The molecule has 0 saturated heterocycles. The Labute approximate surface area is 159 Å². The third kappa shape index (κ3) is 10.8. The number of carbonyl (C=O) groups excluding carboxylic acids is 1. The first-order valence-electron chi connectivity index (χ1n) is 9.09.